The predicted molar refractivity (Wildman–Crippen MR) is 132 cm³/mol. The number of anilines is 1. The third kappa shape index (κ3) is 9.01. The smallest absolute Gasteiger partial charge is 0.238 e. The molecule has 1 amide bonds. The van der Waals surface area contributed by atoms with Crippen LogP contribution in [0, 0.1) is 0 Å². The van der Waals surface area contributed by atoms with E-state index in [-0.39, 0.29) is 29.9 Å². The van der Waals surface area contributed by atoms with Crippen molar-refractivity contribution >= 4 is 53.1 Å². The van der Waals surface area contributed by atoms with Gasteiger partial charge in [0.2, 0.25) is 5.91 Å². The average molecular weight is 530 g/mol. The fourth-order valence-electron chi connectivity index (χ4n) is 2.80. The van der Waals surface area contributed by atoms with E-state index >= 15 is 0 Å². The number of amides is 1. The normalized spacial score (nSPS) is 11.0. The van der Waals surface area contributed by atoms with E-state index in [1.54, 1.807) is 7.05 Å². The topological polar surface area (TPSA) is 60.0 Å². The molecule has 0 saturated heterocycles. The summed E-state index contributed by atoms with van der Waals surface area (Å²) in [6.45, 7) is 1.65. The second-order valence-corrected chi connectivity index (χ2v) is 7.31. The molecule has 8 heteroatoms. The Bertz CT molecular complexity index is 828. The van der Waals surface area contributed by atoms with Gasteiger partial charge in [-0.2, -0.15) is 0 Å². The monoisotopic (exact) mass is 529 g/mol. The van der Waals surface area contributed by atoms with Crippen LogP contribution in [-0.4, -0.2) is 56.4 Å². The number of rotatable bonds is 7. The third-order valence-corrected chi connectivity index (χ3v) is 4.24. The number of carbonyl (C=O) groups is 1. The van der Waals surface area contributed by atoms with E-state index in [4.69, 9.17) is 11.6 Å². The van der Waals surface area contributed by atoms with E-state index < -0.39 is 0 Å². The molecule has 2 aromatic carbocycles. The zero-order valence-corrected chi connectivity index (χ0v) is 20.4. The number of nitrogens with one attached hydrogen (secondary N) is 2. The zero-order chi connectivity index (χ0) is 20.5. The lowest BCUT2D eigenvalue weighted by Crippen LogP contribution is -2.38. The fraction of sp³-hybridized carbons (Fsp3) is 0.333. The summed E-state index contributed by atoms with van der Waals surface area (Å²) in [5, 5.41) is 6.99. The van der Waals surface area contributed by atoms with Crippen molar-refractivity contribution in [3.63, 3.8) is 0 Å². The van der Waals surface area contributed by atoms with Gasteiger partial charge >= 0.3 is 0 Å². The molecule has 0 fully saturated rings. The van der Waals surface area contributed by atoms with Crippen LogP contribution in [0.5, 0.6) is 0 Å². The Balaban J connectivity index is 0.00000420. The highest BCUT2D eigenvalue weighted by Crippen LogP contribution is 2.13. The van der Waals surface area contributed by atoms with Crippen molar-refractivity contribution in [1.29, 1.82) is 0 Å². The lowest BCUT2D eigenvalue weighted by Gasteiger charge is -2.22. The largest absolute Gasteiger partial charge is 0.352 e. The summed E-state index contributed by atoms with van der Waals surface area (Å²) in [6, 6.07) is 15.6. The van der Waals surface area contributed by atoms with Crippen molar-refractivity contribution in [3.05, 3.63) is 64.7 Å². The van der Waals surface area contributed by atoms with Gasteiger partial charge in [-0.25, -0.2) is 0 Å². The Labute approximate surface area is 195 Å². The molecule has 0 aliphatic heterocycles. The second kappa shape index (κ2) is 12.7. The molecule has 29 heavy (non-hydrogen) atoms. The van der Waals surface area contributed by atoms with Crippen LogP contribution >= 0.6 is 35.6 Å². The van der Waals surface area contributed by atoms with Gasteiger partial charge in [-0.05, 0) is 49.5 Å². The minimum atomic E-state index is -0.0350. The maximum atomic E-state index is 11.9. The van der Waals surface area contributed by atoms with Crippen LogP contribution in [-0.2, 0) is 17.9 Å². The molecule has 2 N–H and O–H groups in total. The SMILES string of the molecule is CN=C(NCc1cccc(NC(=O)CN(C)C)c1)N(C)Cc1cccc(Cl)c1.I. The Hall–Kier alpha value is -1.84. The van der Waals surface area contributed by atoms with Gasteiger partial charge in [0.05, 0.1) is 6.54 Å². The first-order valence-electron chi connectivity index (χ1n) is 9.07. The summed E-state index contributed by atoms with van der Waals surface area (Å²) in [4.78, 5) is 20.1. The summed E-state index contributed by atoms with van der Waals surface area (Å²) in [6.07, 6.45) is 0. The van der Waals surface area contributed by atoms with Crippen LogP contribution in [0.1, 0.15) is 11.1 Å². The molecule has 158 valence electrons. The van der Waals surface area contributed by atoms with Crippen molar-refractivity contribution in [2.75, 3.05) is 40.1 Å². The summed E-state index contributed by atoms with van der Waals surface area (Å²) in [5.74, 6) is 0.745. The molecule has 6 nitrogen and oxygen atoms in total. The molecule has 2 aromatic rings. The maximum absolute atomic E-state index is 11.9. The Kier molecular flexibility index (Phi) is 11.0. The van der Waals surface area contributed by atoms with Gasteiger partial charge in [-0.3, -0.25) is 9.79 Å². The molecule has 0 heterocycles. The summed E-state index contributed by atoms with van der Waals surface area (Å²) in [7, 11) is 7.47. The van der Waals surface area contributed by atoms with Crippen LogP contribution in [0.3, 0.4) is 0 Å². The van der Waals surface area contributed by atoms with Crippen molar-refractivity contribution in [1.82, 2.24) is 15.1 Å². The summed E-state index contributed by atoms with van der Waals surface area (Å²) >= 11 is 6.06. The van der Waals surface area contributed by atoms with Crippen LogP contribution in [0.2, 0.25) is 5.02 Å². The number of aliphatic imine (C=N–C) groups is 1. The van der Waals surface area contributed by atoms with Gasteiger partial charge in [0.1, 0.15) is 0 Å². The summed E-state index contributed by atoms with van der Waals surface area (Å²) < 4.78 is 0. The number of nitrogens with zero attached hydrogens (tertiary/aromatic N) is 3. The number of hydrogen-bond acceptors (Lipinski definition) is 3. The highest BCUT2D eigenvalue weighted by Gasteiger charge is 2.08. The van der Waals surface area contributed by atoms with Crippen molar-refractivity contribution in [3.8, 4) is 0 Å². The van der Waals surface area contributed by atoms with Gasteiger partial charge in [0.25, 0.3) is 0 Å². The van der Waals surface area contributed by atoms with Crippen LogP contribution in [0.15, 0.2) is 53.5 Å². The van der Waals surface area contributed by atoms with Gasteiger partial charge in [-0.15, -0.1) is 24.0 Å². The van der Waals surface area contributed by atoms with E-state index in [2.05, 4.69) is 15.6 Å². The molecule has 0 spiro atoms. The first-order chi connectivity index (χ1) is 13.4. The van der Waals surface area contributed by atoms with Gasteiger partial charge < -0.3 is 20.4 Å². The van der Waals surface area contributed by atoms with Crippen molar-refractivity contribution in [2.24, 2.45) is 4.99 Å². The van der Waals surface area contributed by atoms with Crippen molar-refractivity contribution < 1.29 is 4.79 Å². The minimum Gasteiger partial charge on any atom is -0.352 e. The van der Waals surface area contributed by atoms with E-state index in [1.165, 1.54) is 0 Å². The standard InChI is InChI=1S/C21H28ClN5O.HI/c1-23-21(27(4)14-17-8-5-9-18(22)11-17)24-13-16-7-6-10-19(12-16)25-20(28)15-26(2)3;/h5-12H,13-15H2,1-4H3,(H,23,24)(H,25,28);1H. The molecular formula is C21H29ClIN5O. The van der Waals surface area contributed by atoms with Gasteiger partial charge in [0.15, 0.2) is 5.96 Å². The predicted octanol–water partition coefficient (Wildman–Crippen LogP) is 3.67. The molecule has 0 unspecified atom stereocenters. The number of halogens is 2. The van der Waals surface area contributed by atoms with Crippen molar-refractivity contribution in [2.45, 2.75) is 13.1 Å². The Morgan fingerprint density at radius 3 is 2.41 bits per heavy atom. The molecule has 0 saturated carbocycles. The first-order valence-corrected chi connectivity index (χ1v) is 9.45. The lowest BCUT2D eigenvalue weighted by atomic mass is 10.2. The van der Waals surface area contributed by atoms with Crippen LogP contribution < -0.4 is 10.6 Å². The number of likely N-dealkylation sites (N-methyl/N-ethyl adjacent to an activating group) is 1. The molecule has 2 rings (SSSR count). The van der Waals surface area contributed by atoms with Gasteiger partial charge in [-0.1, -0.05) is 35.9 Å². The maximum Gasteiger partial charge on any atom is 0.238 e. The Morgan fingerprint density at radius 1 is 1.07 bits per heavy atom. The number of hydrogen-bond donors (Lipinski definition) is 2. The van der Waals surface area contributed by atoms with Crippen LogP contribution in [0.25, 0.3) is 0 Å². The molecule has 0 aromatic heterocycles. The lowest BCUT2D eigenvalue weighted by molar-refractivity contribution is -0.116. The van der Waals surface area contributed by atoms with Crippen LogP contribution in [0.4, 0.5) is 5.69 Å². The van der Waals surface area contributed by atoms with E-state index in [9.17, 15) is 4.79 Å². The zero-order valence-electron chi connectivity index (χ0n) is 17.3. The number of benzene rings is 2. The minimum absolute atomic E-state index is 0. The number of guanidine groups is 1. The highest BCUT2D eigenvalue weighted by molar-refractivity contribution is 14.0. The molecular weight excluding hydrogens is 501 g/mol. The first kappa shape index (κ1) is 25.2. The average Bonchev–Trinajstić information content (AvgIpc) is 2.61. The molecule has 0 atom stereocenters. The van der Waals surface area contributed by atoms with E-state index in [0.717, 1.165) is 27.8 Å². The molecule has 0 radical (unpaired) electrons. The highest BCUT2D eigenvalue weighted by atomic mass is 127. The molecule has 0 bridgehead atoms. The van der Waals surface area contributed by atoms with E-state index in [1.807, 2.05) is 79.5 Å². The van der Waals surface area contributed by atoms with E-state index in [0.29, 0.717) is 19.6 Å². The Morgan fingerprint density at radius 2 is 1.76 bits per heavy atom. The third-order valence-electron chi connectivity index (χ3n) is 4.00. The second-order valence-electron chi connectivity index (χ2n) is 6.87. The molecule has 0 aliphatic carbocycles. The molecule has 0 aliphatic rings. The summed E-state index contributed by atoms with van der Waals surface area (Å²) in [5.41, 5.74) is 2.96. The number of carbonyl (C=O) groups excluding carboxylic acids is 1. The fourth-order valence-corrected chi connectivity index (χ4v) is 3.01. The quantitative estimate of drug-likeness (QED) is 0.327. The van der Waals surface area contributed by atoms with Gasteiger partial charge in [0, 0.05) is 37.9 Å².